The van der Waals surface area contributed by atoms with Gasteiger partial charge in [0.25, 0.3) is 0 Å². The van der Waals surface area contributed by atoms with Crippen LogP contribution in [0.4, 0.5) is 0 Å². The molecule has 1 saturated carbocycles. The minimum atomic E-state index is 0.299. The zero-order valence-corrected chi connectivity index (χ0v) is 10.6. The first-order valence-electron chi connectivity index (χ1n) is 4.86. The first-order chi connectivity index (χ1) is 6.59. The van der Waals surface area contributed by atoms with E-state index in [1.54, 1.807) is 0 Å². The molecule has 0 saturated heterocycles. The third-order valence-electron chi connectivity index (χ3n) is 2.99. The van der Waals surface area contributed by atoms with Crippen molar-refractivity contribution in [3.8, 4) is 0 Å². The van der Waals surface area contributed by atoms with Crippen LogP contribution in [0.15, 0.2) is 15.9 Å². The molecule has 0 unspecified atom stereocenters. The Bertz CT molecular complexity index is 352. The summed E-state index contributed by atoms with van der Waals surface area (Å²) in [6.07, 6.45) is 4.44. The summed E-state index contributed by atoms with van der Waals surface area (Å²) in [5.74, 6) is 0.308. The molecule has 1 aromatic rings. The van der Waals surface area contributed by atoms with E-state index in [0.29, 0.717) is 11.2 Å². The van der Waals surface area contributed by atoms with Crippen LogP contribution in [-0.4, -0.2) is 5.78 Å². The monoisotopic (exact) mass is 272 g/mol. The number of Topliss-reactive ketones (excluding diaryl/α,β-unsaturated/α-hetero) is 1. The van der Waals surface area contributed by atoms with Crippen molar-refractivity contribution < 1.29 is 4.79 Å². The van der Waals surface area contributed by atoms with Gasteiger partial charge < -0.3 is 0 Å². The van der Waals surface area contributed by atoms with E-state index in [9.17, 15) is 4.79 Å². The van der Waals surface area contributed by atoms with Crippen molar-refractivity contribution >= 4 is 33.0 Å². The topological polar surface area (TPSA) is 17.1 Å². The van der Waals surface area contributed by atoms with Crippen LogP contribution < -0.4 is 0 Å². The predicted octanol–water partition coefficient (Wildman–Crippen LogP) is 4.27. The Morgan fingerprint density at radius 2 is 2.36 bits per heavy atom. The molecular weight excluding hydrogens is 260 g/mol. The van der Waals surface area contributed by atoms with Gasteiger partial charge in [-0.15, -0.1) is 11.3 Å². The van der Waals surface area contributed by atoms with Crippen LogP contribution in [0.1, 0.15) is 42.3 Å². The maximum absolute atomic E-state index is 11.9. The van der Waals surface area contributed by atoms with E-state index in [0.717, 1.165) is 15.8 Å². The lowest BCUT2D eigenvalue weighted by Gasteiger charge is -2.37. The molecule has 1 heterocycles. The molecule has 0 N–H and O–H groups in total. The van der Waals surface area contributed by atoms with Crippen LogP contribution >= 0.6 is 27.3 Å². The Hall–Kier alpha value is -0.150. The fourth-order valence-corrected chi connectivity index (χ4v) is 3.26. The van der Waals surface area contributed by atoms with Crippen LogP contribution in [-0.2, 0) is 0 Å². The van der Waals surface area contributed by atoms with E-state index >= 15 is 0 Å². The predicted molar refractivity (Wildman–Crippen MR) is 62.9 cm³/mol. The summed E-state index contributed by atoms with van der Waals surface area (Å²) in [5.41, 5.74) is 0.299. The van der Waals surface area contributed by atoms with Crippen LogP contribution in [0.2, 0.25) is 0 Å². The molecule has 0 radical (unpaired) electrons. The average Bonchev–Trinajstić information content (AvgIpc) is 2.49. The highest BCUT2D eigenvalue weighted by Gasteiger charge is 2.34. The molecule has 0 aromatic carbocycles. The summed E-state index contributed by atoms with van der Waals surface area (Å²) >= 11 is 4.91. The van der Waals surface area contributed by atoms with Crippen LogP contribution in [0, 0.1) is 5.41 Å². The third-order valence-corrected chi connectivity index (χ3v) is 4.72. The number of hydrogen-bond acceptors (Lipinski definition) is 2. The van der Waals surface area contributed by atoms with Crippen molar-refractivity contribution in [2.75, 3.05) is 0 Å². The molecular formula is C11H13BrOS. The molecule has 0 bridgehead atoms. The molecule has 0 amide bonds. The molecule has 0 aliphatic heterocycles. The second-order valence-corrected chi connectivity index (χ2v) is 6.22. The van der Waals surface area contributed by atoms with Gasteiger partial charge >= 0.3 is 0 Å². The second kappa shape index (κ2) is 3.78. The van der Waals surface area contributed by atoms with Gasteiger partial charge in [0.1, 0.15) is 0 Å². The van der Waals surface area contributed by atoms with E-state index in [-0.39, 0.29) is 0 Å². The Balaban J connectivity index is 2.02. The molecule has 0 spiro atoms. The van der Waals surface area contributed by atoms with Crippen molar-refractivity contribution in [3.05, 3.63) is 20.8 Å². The van der Waals surface area contributed by atoms with E-state index in [2.05, 4.69) is 22.9 Å². The van der Waals surface area contributed by atoms with E-state index in [4.69, 9.17) is 0 Å². The molecule has 1 aromatic heterocycles. The smallest absolute Gasteiger partial charge is 0.173 e. The van der Waals surface area contributed by atoms with Gasteiger partial charge in [0.15, 0.2) is 5.78 Å². The number of ketones is 1. The van der Waals surface area contributed by atoms with Crippen molar-refractivity contribution in [1.29, 1.82) is 0 Å². The minimum absolute atomic E-state index is 0.299. The molecule has 1 fully saturated rings. The number of halogens is 1. The summed E-state index contributed by atoms with van der Waals surface area (Å²) in [6, 6.07) is 1.93. The molecule has 2 rings (SSSR count). The van der Waals surface area contributed by atoms with E-state index < -0.39 is 0 Å². The Labute approximate surface area is 96.6 Å². The maximum Gasteiger partial charge on any atom is 0.173 e. The normalized spacial score (nSPS) is 19.0. The molecule has 1 nitrogen and oxygen atoms in total. The highest BCUT2D eigenvalue weighted by Crippen LogP contribution is 2.44. The van der Waals surface area contributed by atoms with Crippen LogP contribution in [0.25, 0.3) is 0 Å². The average molecular weight is 273 g/mol. The second-order valence-electron chi connectivity index (χ2n) is 4.39. The van der Waals surface area contributed by atoms with Gasteiger partial charge in [-0.3, -0.25) is 4.79 Å². The molecule has 3 heteroatoms. The lowest BCUT2D eigenvalue weighted by atomic mass is 9.67. The first kappa shape index (κ1) is 10.4. The summed E-state index contributed by atoms with van der Waals surface area (Å²) in [4.78, 5) is 12.7. The van der Waals surface area contributed by atoms with Crippen LogP contribution in [0.5, 0.6) is 0 Å². The van der Waals surface area contributed by atoms with Crippen molar-refractivity contribution in [1.82, 2.24) is 0 Å². The van der Waals surface area contributed by atoms with Gasteiger partial charge in [0, 0.05) is 16.3 Å². The first-order valence-corrected chi connectivity index (χ1v) is 6.54. The summed E-state index contributed by atoms with van der Waals surface area (Å²) in [7, 11) is 0. The van der Waals surface area contributed by atoms with Crippen LogP contribution in [0.3, 0.4) is 0 Å². The van der Waals surface area contributed by atoms with Crippen molar-refractivity contribution in [3.63, 3.8) is 0 Å². The maximum atomic E-state index is 11.9. The number of hydrogen-bond donors (Lipinski definition) is 0. The minimum Gasteiger partial charge on any atom is -0.293 e. The molecule has 76 valence electrons. The lowest BCUT2D eigenvalue weighted by molar-refractivity contribution is 0.0820. The van der Waals surface area contributed by atoms with Gasteiger partial charge in [-0.25, -0.2) is 0 Å². The third kappa shape index (κ3) is 2.09. The molecule has 0 atom stereocenters. The highest BCUT2D eigenvalue weighted by atomic mass is 79.9. The SMILES string of the molecule is CC1(CC(=O)c2cc(Br)cs2)CCC1. The number of carbonyl (C=O) groups is 1. The molecule has 14 heavy (non-hydrogen) atoms. The van der Waals surface area contributed by atoms with Crippen molar-refractivity contribution in [2.24, 2.45) is 5.41 Å². The molecule has 1 aliphatic carbocycles. The Morgan fingerprint density at radius 3 is 2.79 bits per heavy atom. The summed E-state index contributed by atoms with van der Waals surface area (Å²) < 4.78 is 1.02. The quantitative estimate of drug-likeness (QED) is 0.751. The standard InChI is InChI=1S/C11H13BrOS/c1-11(3-2-4-11)6-9(13)10-5-8(12)7-14-10/h5,7H,2-4,6H2,1H3. The van der Waals surface area contributed by atoms with Gasteiger partial charge in [-0.05, 0) is 40.3 Å². The van der Waals surface area contributed by atoms with Gasteiger partial charge in [0.2, 0.25) is 0 Å². The van der Waals surface area contributed by atoms with Crippen molar-refractivity contribution in [2.45, 2.75) is 32.6 Å². The highest BCUT2D eigenvalue weighted by molar-refractivity contribution is 9.10. The number of thiophene rings is 1. The summed E-state index contributed by atoms with van der Waals surface area (Å²) in [6.45, 7) is 2.22. The fourth-order valence-electron chi connectivity index (χ4n) is 1.89. The zero-order valence-electron chi connectivity index (χ0n) is 8.18. The Kier molecular flexibility index (Phi) is 2.80. The Morgan fingerprint density at radius 1 is 1.64 bits per heavy atom. The van der Waals surface area contributed by atoms with Gasteiger partial charge in [0.05, 0.1) is 4.88 Å². The number of carbonyl (C=O) groups excluding carboxylic acids is 1. The van der Waals surface area contributed by atoms with E-state index in [1.807, 2.05) is 11.4 Å². The number of rotatable bonds is 3. The lowest BCUT2D eigenvalue weighted by Crippen LogP contribution is -2.28. The molecule has 1 aliphatic rings. The van der Waals surface area contributed by atoms with Gasteiger partial charge in [-0.2, -0.15) is 0 Å². The zero-order chi connectivity index (χ0) is 10.2. The largest absolute Gasteiger partial charge is 0.293 e. The summed E-state index contributed by atoms with van der Waals surface area (Å²) in [5, 5.41) is 1.97. The fraction of sp³-hybridized carbons (Fsp3) is 0.545. The van der Waals surface area contributed by atoms with Gasteiger partial charge in [-0.1, -0.05) is 13.3 Å². The van der Waals surface area contributed by atoms with E-state index in [1.165, 1.54) is 30.6 Å².